The molecule has 0 heterocycles. The quantitative estimate of drug-likeness (QED) is 0.484. The van der Waals surface area contributed by atoms with Crippen molar-refractivity contribution in [3.8, 4) is 0 Å². The summed E-state index contributed by atoms with van der Waals surface area (Å²) in [6.45, 7) is 0. The molecule has 1 saturated carbocycles. The van der Waals surface area contributed by atoms with Crippen LogP contribution in [0.15, 0.2) is 0 Å². The molecule has 1 rings (SSSR count). The maximum atomic E-state index is 9.85. The first-order valence-electron chi connectivity index (χ1n) is 2.25. The Labute approximate surface area is 69.9 Å². The Morgan fingerprint density at radius 1 is 1.62 bits per heavy atom. The minimum absolute atomic E-state index is 0. The molecule has 0 unspecified atom stereocenters. The van der Waals surface area contributed by atoms with Crippen LogP contribution in [0.3, 0.4) is 0 Å². The summed E-state index contributed by atoms with van der Waals surface area (Å²) in [5.41, 5.74) is 4.67. The van der Waals surface area contributed by atoms with Crippen LogP contribution in [-0.4, -0.2) is 41.8 Å². The van der Waals surface area contributed by atoms with Gasteiger partial charge in [0.05, 0.1) is 0 Å². The second kappa shape index (κ2) is 3.33. The second-order valence-corrected chi connectivity index (χ2v) is 1.64. The monoisotopic (exact) mass is 125 g/mol. The molecule has 0 aliphatic heterocycles. The van der Waals surface area contributed by atoms with Crippen LogP contribution in [0.1, 0.15) is 12.8 Å². The fourth-order valence-electron chi connectivity index (χ4n) is 0.350. The fourth-order valence-corrected chi connectivity index (χ4v) is 0.350. The van der Waals surface area contributed by atoms with Crippen LogP contribution in [0.25, 0.3) is 0 Å². The van der Waals surface area contributed by atoms with Gasteiger partial charge < -0.3 is 10.5 Å². The first kappa shape index (κ1) is 8.27. The predicted octanol–water partition coefficient (Wildman–Crippen LogP) is -0.404. The Balaban J connectivity index is 0.000000490. The van der Waals surface area contributed by atoms with Gasteiger partial charge in [-0.25, -0.2) is 4.79 Å². The predicted molar refractivity (Wildman–Crippen MR) is 30.8 cm³/mol. The fraction of sp³-hybridized carbons (Fsp3) is 0.750. The van der Waals surface area contributed by atoms with E-state index >= 15 is 0 Å². The summed E-state index contributed by atoms with van der Waals surface area (Å²) < 4.78 is 4.50. The van der Waals surface area contributed by atoms with Crippen molar-refractivity contribution in [3.05, 3.63) is 0 Å². The number of rotatable bonds is 1. The van der Waals surface area contributed by atoms with E-state index in [1.54, 1.807) is 0 Å². The number of carbonyl (C=O) groups is 1. The van der Waals surface area contributed by atoms with E-state index in [9.17, 15) is 4.79 Å². The Kier molecular flexibility index (Phi) is 3.44. The molecule has 0 bridgehead atoms. The van der Waals surface area contributed by atoms with Gasteiger partial charge in [-0.15, -0.1) is 0 Å². The van der Waals surface area contributed by atoms with Crippen molar-refractivity contribution in [1.82, 2.24) is 0 Å². The van der Waals surface area contributed by atoms with E-state index < -0.39 is 6.09 Å². The van der Waals surface area contributed by atoms with Crippen molar-refractivity contribution in [2.75, 3.05) is 0 Å². The molecule has 4 heteroatoms. The third-order valence-electron chi connectivity index (χ3n) is 0.807. The van der Waals surface area contributed by atoms with Crippen molar-refractivity contribution < 1.29 is 9.53 Å². The van der Waals surface area contributed by atoms with Crippen molar-refractivity contribution >= 4 is 35.7 Å². The summed E-state index contributed by atoms with van der Waals surface area (Å²) in [5, 5.41) is 0. The number of nitrogens with two attached hydrogens (primary N) is 1. The summed E-state index contributed by atoms with van der Waals surface area (Å²) in [4.78, 5) is 9.85. The molecule has 3 nitrogen and oxygen atoms in total. The van der Waals surface area contributed by atoms with E-state index in [2.05, 4.69) is 10.5 Å². The molecule has 8 heavy (non-hydrogen) atoms. The maximum absolute atomic E-state index is 9.85. The SMILES string of the molecule is NC(=O)OC1CC1.[NaH]. The zero-order chi connectivity index (χ0) is 5.28. The Morgan fingerprint density at radius 3 is 2.25 bits per heavy atom. The number of amides is 1. The summed E-state index contributed by atoms with van der Waals surface area (Å²) in [6, 6.07) is 0. The summed E-state index contributed by atoms with van der Waals surface area (Å²) in [6.07, 6.45) is 1.48. The summed E-state index contributed by atoms with van der Waals surface area (Å²) in [7, 11) is 0. The van der Waals surface area contributed by atoms with Gasteiger partial charge in [0, 0.05) is 0 Å². The first-order chi connectivity index (χ1) is 3.29. The average Bonchev–Trinajstić information content (AvgIpc) is 2.17. The van der Waals surface area contributed by atoms with E-state index in [0.717, 1.165) is 12.8 Å². The van der Waals surface area contributed by atoms with Crippen molar-refractivity contribution in [2.45, 2.75) is 18.9 Å². The van der Waals surface area contributed by atoms with E-state index in [-0.39, 0.29) is 35.7 Å². The average molecular weight is 125 g/mol. The van der Waals surface area contributed by atoms with Crippen LogP contribution in [0.4, 0.5) is 4.79 Å². The van der Waals surface area contributed by atoms with Crippen LogP contribution in [0.2, 0.25) is 0 Å². The van der Waals surface area contributed by atoms with Crippen LogP contribution in [-0.2, 0) is 4.74 Å². The third kappa shape index (κ3) is 3.29. The molecular formula is C4H8NNaO2. The number of carbonyl (C=O) groups excluding carboxylic acids is 1. The van der Waals surface area contributed by atoms with Gasteiger partial charge in [-0.1, -0.05) is 0 Å². The van der Waals surface area contributed by atoms with Crippen molar-refractivity contribution in [1.29, 1.82) is 0 Å². The molecule has 1 aliphatic carbocycles. The molecule has 0 aromatic carbocycles. The summed E-state index contributed by atoms with van der Waals surface area (Å²) >= 11 is 0. The van der Waals surface area contributed by atoms with Gasteiger partial charge in [0.15, 0.2) is 0 Å². The van der Waals surface area contributed by atoms with Gasteiger partial charge in [-0.2, -0.15) is 0 Å². The van der Waals surface area contributed by atoms with Gasteiger partial charge in [0.2, 0.25) is 0 Å². The van der Waals surface area contributed by atoms with Gasteiger partial charge >= 0.3 is 35.7 Å². The first-order valence-corrected chi connectivity index (χ1v) is 2.25. The molecule has 2 N–H and O–H groups in total. The van der Waals surface area contributed by atoms with Crippen molar-refractivity contribution in [3.63, 3.8) is 0 Å². The molecule has 1 fully saturated rings. The zero-order valence-electron chi connectivity index (χ0n) is 3.89. The number of primary amides is 1. The summed E-state index contributed by atoms with van der Waals surface area (Å²) in [5.74, 6) is 0. The third-order valence-corrected chi connectivity index (χ3v) is 0.807. The topological polar surface area (TPSA) is 52.3 Å². The van der Waals surface area contributed by atoms with E-state index in [1.807, 2.05) is 0 Å². The van der Waals surface area contributed by atoms with Crippen LogP contribution in [0, 0.1) is 0 Å². The zero-order valence-corrected chi connectivity index (χ0v) is 3.89. The molecule has 0 spiro atoms. The molecule has 42 valence electrons. The van der Waals surface area contributed by atoms with Gasteiger partial charge in [0.25, 0.3) is 0 Å². The van der Waals surface area contributed by atoms with Gasteiger partial charge in [-0.05, 0) is 12.8 Å². The van der Waals surface area contributed by atoms with Gasteiger partial charge in [-0.3, -0.25) is 0 Å². The van der Waals surface area contributed by atoms with Crippen LogP contribution < -0.4 is 5.73 Å². The molecule has 1 amide bonds. The standard InChI is InChI=1S/C4H7NO2.Na.H/c5-4(6)7-3-1-2-3;;/h3H,1-2H2,(H2,5,6);;. The van der Waals surface area contributed by atoms with E-state index in [0.29, 0.717) is 0 Å². The van der Waals surface area contributed by atoms with Crippen LogP contribution >= 0.6 is 0 Å². The molecule has 0 atom stereocenters. The molecule has 0 radical (unpaired) electrons. The normalized spacial score (nSPS) is 16.5. The minimum atomic E-state index is -0.650. The molecule has 0 aromatic heterocycles. The van der Waals surface area contributed by atoms with E-state index in [4.69, 9.17) is 0 Å². The molecule has 0 saturated heterocycles. The van der Waals surface area contributed by atoms with Crippen LogP contribution in [0.5, 0.6) is 0 Å². The van der Waals surface area contributed by atoms with E-state index in [1.165, 1.54) is 0 Å². The number of hydrogen-bond acceptors (Lipinski definition) is 2. The Hall–Kier alpha value is 0.270. The number of hydrogen-bond donors (Lipinski definition) is 1. The Bertz CT molecular complexity index is 92.0. The van der Waals surface area contributed by atoms with Gasteiger partial charge in [0.1, 0.15) is 6.10 Å². The Morgan fingerprint density at radius 2 is 2.12 bits per heavy atom. The molecule has 0 aromatic rings. The molecule has 1 aliphatic rings. The second-order valence-electron chi connectivity index (χ2n) is 1.64. The van der Waals surface area contributed by atoms with Crippen molar-refractivity contribution in [2.24, 2.45) is 5.73 Å². The number of ether oxygens (including phenoxy) is 1. The molecular weight excluding hydrogens is 117 g/mol.